The molecule has 1 rings (SSSR count). The Morgan fingerprint density at radius 1 is 1.53 bits per heavy atom. The average molecular weight is 293 g/mol. The molecule has 0 aliphatic carbocycles. The highest BCUT2D eigenvalue weighted by atomic mass is 79.9. The summed E-state index contributed by atoms with van der Waals surface area (Å²) >= 11 is 8.79. The Kier molecular flexibility index (Phi) is 4.23. The van der Waals surface area contributed by atoms with Crippen molar-refractivity contribution in [2.45, 2.75) is 6.92 Å². The van der Waals surface area contributed by atoms with Crippen molar-refractivity contribution in [3.63, 3.8) is 0 Å². The standard InChI is InChI=1S/C9H7BrClNO3/c1-2-15-9(14)7(13)5-3-4-6(10)12-8(5)11/h3-4H,2H2,1H3. The molecule has 1 aromatic rings. The van der Waals surface area contributed by atoms with Crippen molar-refractivity contribution >= 4 is 39.3 Å². The van der Waals surface area contributed by atoms with Gasteiger partial charge in [-0.1, -0.05) is 11.6 Å². The monoisotopic (exact) mass is 291 g/mol. The Balaban J connectivity index is 2.96. The first-order valence-electron chi connectivity index (χ1n) is 4.09. The zero-order chi connectivity index (χ0) is 11.4. The molecule has 0 aliphatic heterocycles. The summed E-state index contributed by atoms with van der Waals surface area (Å²) in [4.78, 5) is 26.4. The van der Waals surface area contributed by atoms with Crippen molar-refractivity contribution in [3.05, 3.63) is 27.5 Å². The first-order chi connectivity index (χ1) is 7.06. The van der Waals surface area contributed by atoms with Gasteiger partial charge in [0.25, 0.3) is 5.78 Å². The lowest BCUT2D eigenvalue weighted by atomic mass is 10.2. The molecule has 1 aromatic heterocycles. The number of carbonyl (C=O) groups excluding carboxylic acids is 2. The highest BCUT2D eigenvalue weighted by molar-refractivity contribution is 9.10. The zero-order valence-electron chi connectivity index (χ0n) is 7.79. The van der Waals surface area contributed by atoms with Gasteiger partial charge in [0.05, 0.1) is 12.2 Å². The molecule has 4 nitrogen and oxygen atoms in total. The number of esters is 1. The van der Waals surface area contributed by atoms with Crippen LogP contribution in [0.3, 0.4) is 0 Å². The van der Waals surface area contributed by atoms with E-state index in [0.717, 1.165) is 0 Å². The molecular weight excluding hydrogens is 285 g/mol. The lowest BCUT2D eigenvalue weighted by molar-refractivity contribution is -0.137. The minimum absolute atomic E-state index is 0.0255. The van der Waals surface area contributed by atoms with Gasteiger partial charge in [0.15, 0.2) is 0 Å². The maximum absolute atomic E-state index is 11.5. The molecular formula is C9H7BrClNO3. The number of hydrogen-bond donors (Lipinski definition) is 0. The summed E-state index contributed by atoms with van der Waals surface area (Å²) in [6.45, 7) is 1.76. The van der Waals surface area contributed by atoms with Gasteiger partial charge in [-0.2, -0.15) is 0 Å². The number of nitrogens with zero attached hydrogens (tertiary/aromatic N) is 1. The Labute approximate surface area is 99.7 Å². The first-order valence-corrected chi connectivity index (χ1v) is 5.26. The van der Waals surface area contributed by atoms with E-state index in [4.69, 9.17) is 11.6 Å². The van der Waals surface area contributed by atoms with Gasteiger partial charge in [-0.25, -0.2) is 9.78 Å². The second-order valence-electron chi connectivity index (χ2n) is 2.52. The molecule has 0 aromatic carbocycles. The third-order valence-corrected chi connectivity index (χ3v) is 2.25. The fourth-order valence-electron chi connectivity index (χ4n) is 0.888. The summed E-state index contributed by atoms with van der Waals surface area (Å²) in [5.41, 5.74) is 0.0401. The molecule has 0 unspecified atom stereocenters. The molecule has 0 aliphatic rings. The van der Waals surface area contributed by atoms with E-state index in [1.54, 1.807) is 6.92 Å². The van der Waals surface area contributed by atoms with Crippen LogP contribution >= 0.6 is 27.5 Å². The SMILES string of the molecule is CCOC(=O)C(=O)c1ccc(Br)nc1Cl. The number of hydrogen-bond acceptors (Lipinski definition) is 4. The second kappa shape index (κ2) is 5.23. The summed E-state index contributed by atoms with van der Waals surface area (Å²) in [6, 6.07) is 2.94. The van der Waals surface area contributed by atoms with Crippen molar-refractivity contribution in [2.75, 3.05) is 6.61 Å². The van der Waals surface area contributed by atoms with Gasteiger partial charge in [0.2, 0.25) is 0 Å². The van der Waals surface area contributed by atoms with E-state index in [1.165, 1.54) is 12.1 Å². The Morgan fingerprint density at radius 2 is 2.20 bits per heavy atom. The van der Waals surface area contributed by atoms with Crippen molar-refractivity contribution in [3.8, 4) is 0 Å². The molecule has 0 atom stereocenters. The summed E-state index contributed by atoms with van der Waals surface area (Å²) in [5.74, 6) is -1.72. The largest absolute Gasteiger partial charge is 0.460 e. The molecule has 0 radical (unpaired) electrons. The van der Waals surface area contributed by atoms with E-state index in [0.29, 0.717) is 4.60 Å². The van der Waals surface area contributed by atoms with Gasteiger partial charge in [-0.15, -0.1) is 0 Å². The molecule has 0 saturated carbocycles. The van der Waals surface area contributed by atoms with Gasteiger partial charge in [-0.3, -0.25) is 4.79 Å². The van der Waals surface area contributed by atoms with E-state index in [-0.39, 0.29) is 17.3 Å². The number of halogens is 2. The van der Waals surface area contributed by atoms with E-state index in [2.05, 4.69) is 25.7 Å². The van der Waals surface area contributed by atoms with E-state index >= 15 is 0 Å². The number of pyridine rings is 1. The minimum Gasteiger partial charge on any atom is -0.460 e. The normalized spacial score (nSPS) is 9.80. The van der Waals surface area contributed by atoms with Gasteiger partial charge < -0.3 is 4.74 Å². The van der Waals surface area contributed by atoms with E-state index < -0.39 is 11.8 Å². The summed E-state index contributed by atoms with van der Waals surface area (Å²) in [5, 5.41) is -0.0255. The maximum Gasteiger partial charge on any atom is 0.379 e. The quantitative estimate of drug-likeness (QED) is 0.371. The van der Waals surface area contributed by atoms with Gasteiger partial charge in [-0.05, 0) is 35.0 Å². The molecule has 6 heteroatoms. The van der Waals surface area contributed by atoms with Crippen LogP contribution in [0.4, 0.5) is 0 Å². The predicted octanol–water partition coefficient (Wildman–Crippen LogP) is 2.24. The Hall–Kier alpha value is -0.940. The van der Waals surface area contributed by atoms with Crippen molar-refractivity contribution in [1.82, 2.24) is 4.98 Å². The van der Waals surface area contributed by atoms with Crippen LogP contribution in [0.1, 0.15) is 17.3 Å². The molecule has 0 fully saturated rings. The minimum atomic E-state index is -0.927. The number of aromatic nitrogens is 1. The van der Waals surface area contributed by atoms with Crippen LogP contribution < -0.4 is 0 Å². The first kappa shape index (κ1) is 12.1. The van der Waals surface area contributed by atoms with Gasteiger partial charge >= 0.3 is 5.97 Å². The number of Topliss-reactive ketones (excluding diaryl/α,β-unsaturated/α-hetero) is 1. The third kappa shape index (κ3) is 3.00. The molecule has 0 saturated heterocycles. The van der Waals surface area contributed by atoms with E-state index in [1.807, 2.05) is 0 Å². The molecule has 1 heterocycles. The van der Waals surface area contributed by atoms with Crippen LogP contribution in [0.2, 0.25) is 5.15 Å². The predicted molar refractivity (Wildman–Crippen MR) is 57.9 cm³/mol. The lowest BCUT2D eigenvalue weighted by Crippen LogP contribution is -2.18. The molecule has 0 N–H and O–H groups in total. The van der Waals surface area contributed by atoms with Crippen molar-refractivity contribution in [2.24, 2.45) is 0 Å². The average Bonchev–Trinajstić information content (AvgIpc) is 2.17. The molecule has 15 heavy (non-hydrogen) atoms. The van der Waals surface area contributed by atoms with Crippen molar-refractivity contribution < 1.29 is 14.3 Å². The smallest absolute Gasteiger partial charge is 0.379 e. The highest BCUT2D eigenvalue weighted by Gasteiger charge is 2.20. The summed E-state index contributed by atoms with van der Waals surface area (Å²) < 4.78 is 5.05. The second-order valence-corrected chi connectivity index (χ2v) is 3.69. The zero-order valence-corrected chi connectivity index (χ0v) is 10.1. The van der Waals surface area contributed by atoms with E-state index in [9.17, 15) is 9.59 Å². The van der Waals surface area contributed by atoms with Gasteiger partial charge in [0.1, 0.15) is 9.76 Å². The Morgan fingerprint density at radius 3 is 2.73 bits per heavy atom. The Bertz CT molecular complexity index is 408. The molecule has 0 amide bonds. The summed E-state index contributed by atoms with van der Waals surface area (Å²) in [6.07, 6.45) is 0. The van der Waals surface area contributed by atoms with Crippen molar-refractivity contribution in [1.29, 1.82) is 0 Å². The fraction of sp³-hybridized carbons (Fsp3) is 0.222. The lowest BCUT2D eigenvalue weighted by Gasteiger charge is -2.02. The van der Waals surface area contributed by atoms with Crippen LogP contribution in [-0.4, -0.2) is 23.3 Å². The van der Waals surface area contributed by atoms with Crippen LogP contribution in [0.25, 0.3) is 0 Å². The van der Waals surface area contributed by atoms with Gasteiger partial charge in [0, 0.05) is 0 Å². The summed E-state index contributed by atoms with van der Waals surface area (Å²) in [7, 11) is 0. The number of carbonyl (C=O) groups is 2. The molecule has 0 bridgehead atoms. The maximum atomic E-state index is 11.5. The third-order valence-electron chi connectivity index (χ3n) is 1.52. The topological polar surface area (TPSA) is 56.3 Å². The fourth-order valence-corrected chi connectivity index (χ4v) is 1.54. The highest BCUT2D eigenvalue weighted by Crippen LogP contribution is 2.17. The van der Waals surface area contributed by atoms with Crippen LogP contribution in [0.5, 0.6) is 0 Å². The van der Waals surface area contributed by atoms with Crippen LogP contribution in [-0.2, 0) is 9.53 Å². The molecule has 80 valence electrons. The molecule has 0 spiro atoms. The van der Waals surface area contributed by atoms with Crippen LogP contribution in [0.15, 0.2) is 16.7 Å². The number of ether oxygens (including phenoxy) is 1. The number of ketones is 1. The number of rotatable bonds is 3. The van der Waals surface area contributed by atoms with Crippen LogP contribution in [0, 0.1) is 0 Å².